The largest absolute Gasteiger partial charge is 0.490 e. The molecule has 0 heterocycles. The van der Waals surface area contributed by atoms with E-state index in [-0.39, 0.29) is 6.61 Å². The molecule has 0 unspecified atom stereocenters. The summed E-state index contributed by atoms with van der Waals surface area (Å²) in [7, 11) is 0. The van der Waals surface area contributed by atoms with Gasteiger partial charge in [0.15, 0.2) is 11.5 Å². The number of benzene rings is 1. The lowest BCUT2D eigenvalue weighted by molar-refractivity contribution is 0.263. The summed E-state index contributed by atoms with van der Waals surface area (Å²) in [4.78, 5) is 0. The molecule has 0 fully saturated rings. The van der Waals surface area contributed by atoms with Gasteiger partial charge >= 0.3 is 0 Å². The minimum Gasteiger partial charge on any atom is -0.490 e. The van der Waals surface area contributed by atoms with Crippen LogP contribution in [0.3, 0.4) is 0 Å². The Hall–Kier alpha value is -0.740. The molecular formula is C16H25BrO3. The maximum atomic E-state index is 9.22. The first kappa shape index (κ1) is 17.3. The van der Waals surface area contributed by atoms with Crippen LogP contribution < -0.4 is 9.47 Å². The van der Waals surface area contributed by atoms with Gasteiger partial charge in [-0.25, -0.2) is 0 Å². The number of unbranched alkanes of at least 4 members (excludes halogenated alkanes) is 4. The SMILES string of the molecule is CCCCCCCOc1c(Br)cc(CO)cc1OCC. The molecule has 1 aromatic carbocycles. The van der Waals surface area contributed by atoms with Crippen molar-refractivity contribution in [3.63, 3.8) is 0 Å². The first-order valence-corrected chi connectivity index (χ1v) is 8.21. The highest BCUT2D eigenvalue weighted by molar-refractivity contribution is 9.10. The molecule has 3 nitrogen and oxygen atoms in total. The van der Waals surface area contributed by atoms with Crippen LogP contribution in [0.5, 0.6) is 11.5 Å². The van der Waals surface area contributed by atoms with Crippen LogP contribution in [0.2, 0.25) is 0 Å². The fourth-order valence-electron chi connectivity index (χ4n) is 2.00. The van der Waals surface area contributed by atoms with Crippen LogP contribution in [0, 0.1) is 0 Å². The van der Waals surface area contributed by atoms with E-state index >= 15 is 0 Å². The van der Waals surface area contributed by atoms with Crippen LogP contribution in [0.25, 0.3) is 0 Å². The zero-order valence-electron chi connectivity index (χ0n) is 12.5. The lowest BCUT2D eigenvalue weighted by Gasteiger charge is -2.15. The van der Waals surface area contributed by atoms with E-state index in [1.54, 1.807) is 0 Å². The molecule has 0 aliphatic heterocycles. The zero-order valence-corrected chi connectivity index (χ0v) is 14.0. The molecule has 0 spiro atoms. The molecule has 0 aliphatic rings. The van der Waals surface area contributed by atoms with Crippen molar-refractivity contribution in [2.45, 2.75) is 52.6 Å². The Kier molecular flexibility index (Phi) is 8.70. The third-order valence-electron chi connectivity index (χ3n) is 3.05. The molecule has 1 aromatic rings. The van der Waals surface area contributed by atoms with Crippen molar-refractivity contribution in [2.24, 2.45) is 0 Å². The van der Waals surface area contributed by atoms with Gasteiger partial charge in [-0.3, -0.25) is 0 Å². The lowest BCUT2D eigenvalue weighted by atomic mass is 10.2. The standard InChI is InChI=1S/C16H25BrO3/c1-3-5-6-7-8-9-20-16-14(17)10-13(12-18)11-15(16)19-4-2/h10-11,18H,3-9,12H2,1-2H3. The number of halogens is 1. The molecule has 0 amide bonds. The average molecular weight is 345 g/mol. The Morgan fingerprint density at radius 1 is 1.05 bits per heavy atom. The van der Waals surface area contributed by atoms with Crippen molar-refractivity contribution in [1.29, 1.82) is 0 Å². The molecule has 0 bridgehead atoms. The molecule has 0 saturated heterocycles. The summed E-state index contributed by atoms with van der Waals surface area (Å²) in [5.74, 6) is 1.43. The third kappa shape index (κ3) is 5.71. The number of rotatable bonds is 10. The second kappa shape index (κ2) is 10.1. The van der Waals surface area contributed by atoms with Crippen LogP contribution in [0.1, 0.15) is 51.5 Å². The van der Waals surface area contributed by atoms with Gasteiger partial charge in [0.2, 0.25) is 0 Å². The maximum absolute atomic E-state index is 9.22. The van der Waals surface area contributed by atoms with Crippen LogP contribution in [0.15, 0.2) is 16.6 Å². The fourth-order valence-corrected chi connectivity index (χ4v) is 2.60. The Morgan fingerprint density at radius 3 is 2.45 bits per heavy atom. The van der Waals surface area contributed by atoms with Gasteiger partial charge in [-0.15, -0.1) is 0 Å². The van der Waals surface area contributed by atoms with Gasteiger partial charge in [0.25, 0.3) is 0 Å². The van der Waals surface area contributed by atoms with E-state index in [9.17, 15) is 5.11 Å². The first-order valence-electron chi connectivity index (χ1n) is 7.41. The normalized spacial score (nSPS) is 10.6. The number of ether oxygens (including phenoxy) is 2. The molecule has 0 saturated carbocycles. The first-order chi connectivity index (χ1) is 9.72. The third-order valence-corrected chi connectivity index (χ3v) is 3.64. The van der Waals surface area contributed by atoms with Crippen molar-refractivity contribution in [3.8, 4) is 11.5 Å². The second-order valence-electron chi connectivity index (χ2n) is 4.76. The molecule has 20 heavy (non-hydrogen) atoms. The second-order valence-corrected chi connectivity index (χ2v) is 5.61. The van der Waals surface area contributed by atoms with E-state index in [0.29, 0.717) is 19.0 Å². The topological polar surface area (TPSA) is 38.7 Å². The van der Waals surface area contributed by atoms with Gasteiger partial charge in [0.1, 0.15) is 0 Å². The van der Waals surface area contributed by atoms with Crippen LogP contribution in [0.4, 0.5) is 0 Å². The monoisotopic (exact) mass is 344 g/mol. The number of aliphatic hydroxyl groups is 1. The highest BCUT2D eigenvalue weighted by Crippen LogP contribution is 2.37. The molecule has 1 rings (SSSR count). The Morgan fingerprint density at radius 2 is 1.80 bits per heavy atom. The van der Waals surface area contributed by atoms with Crippen molar-refractivity contribution in [3.05, 3.63) is 22.2 Å². The van der Waals surface area contributed by atoms with Crippen LogP contribution >= 0.6 is 15.9 Å². The van der Waals surface area contributed by atoms with Crippen molar-refractivity contribution in [2.75, 3.05) is 13.2 Å². The van der Waals surface area contributed by atoms with E-state index in [4.69, 9.17) is 9.47 Å². The van der Waals surface area contributed by atoms with E-state index in [2.05, 4.69) is 22.9 Å². The van der Waals surface area contributed by atoms with Gasteiger partial charge < -0.3 is 14.6 Å². The number of aliphatic hydroxyl groups excluding tert-OH is 1. The van der Waals surface area contributed by atoms with Crippen LogP contribution in [-0.2, 0) is 6.61 Å². The molecule has 4 heteroatoms. The minimum atomic E-state index is -0.00400. The summed E-state index contributed by atoms with van der Waals surface area (Å²) in [5, 5.41) is 9.22. The molecule has 0 aliphatic carbocycles. The predicted molar refractivity (Wildman–Crippen MR) is 85.5 cm³/mol. The molecule has 0 atom stereocenters. The number of hydrogen-bond acceptors (Lipinski definition) is 3. The Balaban J connectivity index is 2.58. The van der Waals surface area contributed by atoms with Gasteiger partial charge in [0, 0.05) is 0 Å². The molecular weight excluding hydrogens is 320 g/mol. The highest BCUT2D eigenvalue weighted by Gasteiger charge is 2.11. The van der Waals surface area contributed by atoms with Crippen molar-refractivity contribution in [1.82, 2.24) is 0 Å². The molecule has 114 valence electrons. The van der Waals surface area contributed by atoms with E-state index < -0.39 is 0 Å². The van der Waals surface area contributed by atoms with Crippen molar-refractivity contribution < 1.29 is 14.6 Å². The van der Waals surface area contributed by atoms with Crippen LogP contribution in [-0.4, -0.2) is 18.3 Å². The van der Waals surface area contributed by atoms with E-state index in [0.717, 1.165) is 22.2 Å². The van der Waals surface area contributed by atoms with E-state index in [1.165, 1.54) is 25.7 Å². The average Bonchev–Trinajstić information content (AvgIpc) is 2.44. The Bertz CT molecular complexity index is 394. The Labute approximate surface area is 130 Å². The molecule has 0 aromatic heterocycles. The van der Waals surface area contributed by atoms with Crippen molar-refractivity contribution >= 4 is 15.9 Å². The van der Waals surface area contributed by atoms with Gasteiger partial charge in [0.05, 0.1) is 24.3 Å². The maximum Gasteiger partial charge on any atom is 0.175 e. The minimum absolute atomic E-state index is 0.00400. The predicted octanol–water partition coefficient (Wildman–Crippen LogP) is 4.69. The highest BCUT2D eigenvalue weighted by atomic mass is 79.9. The quantitative estimate of drug-likeness (QED) is 0.625. The van der Waals surface area contributed by atoms with Gasteiger partial charge in [-0.05, 0) is 47.0 Å². The number of hydrogen-bond donors (Lipinski definition) is 1. The smallest absolute Gasteiger partial charge is 0.175 e. The van der Waals surface area contributed by atoms with Gasteiger partial charge in [-0.1, -0.05) is 32.6 Å². The van der Waals surface area contributed by atoms with E-state index in [1.807, 2.05) is 19.1 Å². The lowest BCUT2D eigenvalue weighted by Crippen LogP contribution is -2.03. The summed E-state index contributed by atoms with van der Waals surface area (Å²) in [6.07, 6.45) is 6.06. The summed E-state index contributed by atoms with van der Waals surface area (Å²) < 4.78 is 12.3. The summed E-state index contributed by atoms with van der Waals surface area (Å²) in [6.45, 7) is 5.42. The zero-order chi connectivity index (χ0) is 14.8. The summed E-state index contributed by atoms with van der Waals surface area (Å²) in [5.41, 5.74) is 0.815. The summed E-state index contributed by atoms with van der Waals surface area (Å²) >= 11 is 3.49. The van der Waals surface area contributed by atoms with Gasteiger partial charge in [-0.2, -0.15) is 0 Å². The summed E-state index contributed by atoms with van der Waals surface area (Å²) in [6, 6.07) is 3.70. The molecule has 1 N–H and O–H groups in total. The fraction of sp³-hybridized carbons (Fsp3) is 0.625. The molecule has 0 radical (unpaired) electrons.